The van der Waals surface area contributed by atoms with Gasteiger partial charge in [-0.3, -0.25) is 0 Å². The van der Waals surface area contributed by atoms with Crippen molar-refractivity contribution in [1.29, 1.82) is 0 Å². The fraction of sp³-hybridized carbons (Fsp3) is 0.500. The van der Waals surface area contributed by atoms with Crippen LogP contribution in [0.4, 0.5) is 4.79 Å². The van der Waals surface area contributed by atoms with Gasteiger partial charge in [0.2, 0.25) is 15.0 Å². The number of methoxy groups -OCH3 is 1. The first-order valence-corrected chi connectivity index (χ1v) is 11.5. The number of hydrogen-bond donors (Lipinski definition) is 1. The number of aromatic nitrogens is 2. The highest BCUT2D eigenvalue weighted by atomic mass is 32.2. The van der Waals surface area contributed by atoms with Gasteiger partial charge in [0.05, 0.1) is 30.8 Å². The van der Waals surface area contributed by atoms with Gasteiger partial charge in [-0.05, 0) is 25.3 Å². The minimum absolute atomic E-state index is 0.0139. The molecular weight excluding hydrogens is 392 g/mol. The molecule has 158 valence electrons. The Bertz CT molecular complexity index is 923. The SMILES string of the molecule is CCNC(=O)N(Cc1cnc(S(=O)(=O)Cc2ccccc2)n1CCOC)C1CC1. The van der Waals surface area contributed by atoms with Crippen LogP contribution in [0.15, 0.2) is 41.7 Å². The summed E-state index contributed by atoms with van der Waals surface area (Å²) in [5, 5.41) is 2.85. The highest BCUT2D eigenvalue weighted by Gasteiger charge is 2.34. The largest absolute Gasteiger partial charge is 0.383 e. The van der Waals surface area contributed by atoms with Crippen LogP contribution < -0.4 is 5.32 Å². The van der Waals surface area contributed by atoms with Crippen molar-refractivity contribution in [3.05, 3.63) is 47.8 Å². The molecule has 2 amide bonds. The van der Waals surface area contributed by atoms with E-state index in [-0.39, 0.29) is 23.0 Å². The number of carbonyl (C=O) groups is 1. The Balaban J connectivity index is 1.88. The summed E-state index contributed by atoms with van der Waals surface area (Å²) in [4.78, 5) is 18.4. The second-order valence-corrected chi connectivity index (χ2v) is 9.00. The standard InChI is InChI=1S/C20H28N4O4S/c1-3-21-19(25)24(17-9-10-17)14-18-13-22-20(23(18)11-12-28-2)29(26,27)15-16-7-5-4-6-8-16/h4-8,13,17H,3,9-12,14-15H2,1-2H3,(H,21,25). The Kier molecular flexibility index (Phi) is 6.92. The zero-order valence-corrected chi connectivity index (χ0v) is 17.7. The number of ether oxygens (including phenoxy) is 1. The maximum absolute atomic E-state index is 13.1. The number of amides is 2. The average molecular weight is 421 g/mol. The van der Waals surface area contributed by atoms with Crippen LogP contribution >= 0.6 is 0 Å². The van der Waals surface area contributed by atoms with Crippen LogP contribution in [0.5, 0.6) is 0 Å². The first-order chi connectivity index (χ1) is 14.0. The number of imidazole rings is 1. The van der Waals surface area contributed by atoms with Crippen molar-refractivity contribution >= 4 is 15.9 Å². The maximum Gasteiger partial charge on any atom is 0.317 e. The summed E-state index contributed by atoms with van der Waals surface area (Å²) < 4.78 is 32.9. The van der Waals surface area contributed by atoms with Gasteiger partial charge in [0.25, 0.3) is 0 Å². The van der Waals surface area contributed by atoms with E-state index in [2.05, 4.69) is 10.3 Å². The van der Waals surface area contributed by atoms with Gasteiger partial charge in [-0.15, -0.1) is 0 Å². The Morgan fingerprint density at radius 1 is 1.31 bits per heavy atom. The third-order valence-corrected chi connectivity index (χ3v) is 6.40. The molecule has 0 radical (unpaired) electrons. The fourth-order valence-corrected chi connectivity index (χ4v) is 4.74. The van der Waals surface area contributed by atoms with Crippen molar-refractivity contribution < 1.29 is 17.9 Å². The number of carbonyl (C=O) groups excluding carboxylic acids is 1. The number of rotatable bonds is 10. The molecule has 2 aromatic rings. The van der Waals surface area contributed by atoms with E-state index in [0.717, 1.165) is 12.8 Å². The second-order valence-electron chi connectivity index (χ2n) is 7.12. The lowest BCUT2D eigenvalue weighted by molar-refractivity contribution is 0.178. The molecule has 0 spiro atoms. The molecule has 0 aliphatic heterocycles. The van der Waals surface area contributed by atoms with E-state index in [9.17, 15) is 13.2 Å². The molecule has 3 rings (SSSR count). The lowest BCUT2D eigenvalue weighted by Gasteiger charge is -2.23. The van der Waals surface area contributed by atoms with Crippen LogP contribution in [0.1, 0.15) is 31.0 Å². The predicted molar refractivity (Wildman–Crippen MR) is 109 cm³/mol. The third kappa shape index (κ3) is 5.36. The molecular formula is C20H28N4O4S. The van der Waals surface area contributed by atoms with E-state index in [1.807, 2.05) is 25.1 Å². The molecule has 29 heavy (non-hydrogen) atoms. The average Bonchev–Trinajstić information content (AvgIpc) is 3.45. The van der Waals surface area contributed by atoms with Gasteiger partial charge in [-0.2, -0.15) is 0 Å². The molecule has 1 fully saturated rings. The third-order valence-electron chi connectivity index (χ3n) is 4.81. The lowest BCUT2D eigenvalue weighted by Crippen LogP contribution is -2.41. The van der Waals surface area contributed by atoms with E-state index in [0.29, 0.717) is 37.5 Å². The molecule has 1 aliphatic carbocycles. The Morgan fingerprint density at radius 2 is 2.03 bits per heavy atom. The topological polar surface area (TPSA) is 93.5 Å². The van der Waals surface area contributed by atoms with Crippen LogP contribution in [0, 0.1) is 0 Å². The molecule has 1 saturated carbocycles. The molecule has 1 aromatic heterocycles. The van der Waals surface area contributed by atoms with Crippen molar-refractivity contribution in [3.63, 3.8) is 0 Å². The Labute approximate surface area is 171 Å². The predicted octanol–water partition coefficient (Wildman–Crippen LogP) is 2.20. The molecule has 1 heterocycles. The van der Waals surface area contributed by atoms with Gasteiger partial charge in [-0.1, -0.05) is 30.3 Å². The minimum Gasteiger partial charge on any atom is -0.383 e. The monoisotopic (exact) mass is 420 g/mol. The lowest BCUT2D eigenvalue weighted by atomic mass is 10.2. The van der Waals surface area contributed by atoms with Gasteiger partial charge < -0.3 is 19.5 Å². The van der Waals surface area contributed by atoms with Gasteiger partial charge in [0.15, 0.2) is 0 Å². The smallest absolute Gasteiger partial charge is 0.317 e. The molecule has 1 N–H and O–H groups in total. The van der Waals surface area contributed by atoms with Crippen molar-refractivity contribution in [3.8, 4) is 0 Å². The summed E-state index contributed by atoms with van der Waals surface area (Å²) in [5.74, 6) is -0.125. The normalized spacial score (nSPS) is 14.0. The summed E-state index contributed by atoms with van der Waals surface area (Å²) in [6.07, 6.45) is 3.48. The quantitative estimate of drug-likeness (QED) is 0.636. The van der Waals surface area contributed by atoms with Crippen LogP contribution in [0.2, 0.25) is 0 Å². The van der Waals surface area contributed by atoms with Crippen molar-refractivity contribution in [2.45, 2.75) is 49.8 Å². The first kappa shape index (κ1) is 21.3. The van der Waals surface area contributed by atoms with Crippen LogP contribution in [-0.4, -0.2) is 55.2 Å². The molecule has 8 nitrogen and oxygen atoms in total. The number of nitrogens with one attached hydrogen (secondary N) is 1. The van der Waals surface area contributed by atoms with Crippen molar-refractivity contribution in [1.82, 2.24) is 19.8 Å². The van der Waals surface area contributed by atoms with E-state index in [4.69, 9.17) is 4.74 Å². The van der Waals surface area contributed by atoms with Gasteiger partial charge in [-0.25, -0.2) is 18.2 Å². The fourth-order valence-electron chi connectivity index (χ4n) is 3.23. The van der Waals surface area contributed by atoms with Crippen LogP contribution in [0.3, 0.4) is 0 Å². The molecule has 1 aromatic carbocycles. The maximum atomic E-state index is 13.1. The van der Waals surface area contributed by atoms with Gasteiger partial charge in [0.1, 0.15) is 0 Å². The number of urea groups is 1. The Hall–Kier alpha value is -2.39. The summed E-state index contributed by atoms with van der Waals surface area (Å²) >= 11 is 0. The Morgan fingerprint density at radius 3 is 2.66 bits per heavy atom. The van der Waals surface area contributed by atoms with E-state index < -0.39 is 9.84 Å². The zero-order chi connectivity index (χ0) is 20.9. The molecule has 0 atom stereocenters. The van der Waals surface area contributed by atoms with Gasteiger partial charge in [0, 0.05) is 26.2 Å². The molecule has 0 bridgehead atoms. The minimum atomic E-state index is -3.65. The zero-order valence-electron chi connectivity index (χ0n) is 16.9. The van der Waals surface area contributed by atoms with Crippen LogP contribution in [-0.2, 0) is 33.4 Å². The molecule has 0 unspecified atom stereocenters. The van der Waals surface area contributed by atoms with Gasteiger partial charge >= 0.3 is 6.03 Å². The second kappa shape index (κ2) is 9.41. The summed E-state index contributed by atoms with van der Waals surface area (Å²) in [6, 6.07) is 9.10. The molecule has 9 heteroatoms. The van der Waals surface area contributed by atoms with E-state index in [1.165, 1.54) is 0 Å². The number of nitrogens with zero attached hydrogens (tertiary/aromatic N) is 3. The molecule has 0 saturated heterocycles. The first-order valence-electron chi connectivity index (χ1n) is 9.80. The van der Waals surface area contributed by atoms with E-state index >= 15 is 0 Å². The number of sulfone groups is 1. The molecule has 1 aliphatic rings. The van der Waals surface area contributed by atoms with Crippen molar-refractivity contribution in [2.24, 2.45) is 0 Å². The highest BCUT2D eigenvalue weighted by molar-refractivity contribution is 7.90. The van der Waals surface area contributed by atoms with Crippen LogP contribution in [0.25, 0.3) is 0 Å². The number of hydrogen-bond acceptors (Lipinski definition) is 5. The van der Waals surface area contributed by atoms with Crippen molar-refractivity contribution in [2.75, 3.05) is 20.3 Å². The summed E-state index contributed by atoms with van der Waals surface area (Å²) in [5.41, 5.74) is 1.39. The van der Waals surface area contributed by atoms with E-state index in [1.54, 1.807) is 34.9 Å². The summed E-state index contributed by atoms with van der Waals surface area (Å²) in [7, 11) is -2.08. The highest BCUT2D eigenvalue weighted by Crippen LogP contribution is 2.29. The summed E-state index contributed by atoms with van der Waals surface area (Å²) in [6.45, 7) is 3.43. The number of benzene rings is 1.